The van der Waals surface area contributed by atoms with Gasteiger partial charge >= 0.3 is 5.69 Å². The molecule has 3 rings (SSSR count). The van der Waals surface area contributed by atoms with Gasteiger partial charge in [0.15, 0.2) is 0 Å². The van der Waals surface area contributed by atoms with Crippen LogP contribution in [0.3, 0.4) is 0 Å². The van der Waals surface area contributed by atoms with Crippen LogP contribution in [-0.2, 0) is 7.05 Å². The van der Waals surface area contributed by atoms with Crippen LogP contribution >= 0.6 is 15.9 Å². The first-order chi connectivity index (χ1) is 11.4. The fourth-order valence-electron chi connectivity index (χ4n) is 2.18. The van der Waals surface area contributed by atoms with Gasteiger partial charge in [0.1, 0.15) is 21.5 Å². The lowest BCUT2D eigenvalue weighted by molar-refractivity contribution is -0.388. The van der Waals surface area contributed by atoms with Crippen molar-refractivity contribution in [2.75, 3.05) is 7.11 Å². The largest absolute Gasteiger partial charge is 0.490 e. The van der Waals surface area contributed by atoms with E-state index < -0.39 is 16.4 Å². The summed E-state index contributed by atoms with van der Waals surface area (Å²) in [5.41, 5.74) is 0.635. The van der Waals surface area contributed by atoms with E-state index in [1.807, 2.05) is 0 Å². The molecule has 0 bridgehead atoms. The third kappa shape index (κ3) is 2.64. The molecule has 1 heterocycles. The van der Waals surface area contributed by atoms with Crippen LogP contribution in [0.4, 0.5) is 10.1 Å². The Hall–Kier alpha value is -2.75. The number of methoxy groups -OCH3 is 1. The second kappa shape index (κ2) is 6.04. The topological polar surface area (TPSA) is 92.3 Å². The van der Waals surface area contributed by atoms with E-state index in [4.69, 9.17) is 9.47 Å². The molecule has 0 aliphatic rings. The standard InChI is InChI=1S/C14H10BrFN4O4/c1-19-9-4-3-7(5-8(9)17-18-19)24-10-6-11(23-2)14(20(21)22)13(16)12(10)15/h3-6H,1-2H3. The second-order valence-corrected chi connectivity index (χ2v) is 5.57. The third-order valence-electron chi connectivity index (χ3n) is 3.32. The normalized spacial score (nSPS) is 10.8. The first-order valence-corrected chi connectivity index (χ1v) is 7.39. The average molecular weight is 397 g/mol. The number of halogens is 2. The van der Waals surface area contributed by atoms with Crippen molar-refractivity contribution in [2.45, 2.75) is 0 Å². The summed E-state index contributed by atoms with van der Waals surface area (Å²) in [4.78, 5) is 10.1. The Morgan fingerprint density at radius 2 is 2.08 bits per heavy atom. The molecule has 0 atom stereocenters. The first-order valence-electron chi connectivity index (χ1n) is 6.60. The fraction of sp³-hybridized carbons (Fsp3) is 0.143. The molecule has 8 nitrogen and oxygen atoms in total. The van der Waals surface area contributed by atoms with Gasteiger partial charge in [-0.3, -0.25) is 10.1 Å². The van der Waals surface area contributed by atoms with Crippen molar-refractivity contribution < 1.29 is 18.8 Å². The zero-order valence-corrected chi connectivity index (χ0v) is 14.1. The van der Waals surface area contributed by atoms with Crippen molar-refractivity contribution in [3.8, 4) is 17.2 Å². The van der Waals surface area contributed by atoms with E-state index in [1.165, 1.54) is 13.2 Å². The molecular formula is C14H10BrFN4O4. The molecule has 0 amide bonds. The van der Waals surface area contributed by atoms with E-state index in [9.17, 15) is 14.5 Å². The molecule has 0 N–H and O–H groups in total. The van der Waals surface area contributed by atoms with Gasteiger partial charge in [0.05, 0.1) is 17.5 Å². The summed E-state index contributed by atoms with van der Waals surface area (Å²) in [6.45, 7) is 0. The van der Waals surface area contributed by atoms with E-state index >= 15 is 0 Å². The van der Waals surface area contributed by atoms with Crippen LogP contribution in [0.25, 0.3) is 11.0 Å². The molecule has 1 aromatic heterocycles. The predicted molar refractivity (Wildman–Crippen MR) is 85.9 cm³/mol. The lowest BCUT2D eigenvalue weighted by atomic mass is 10.2. The summed E-state index contributed by atoms with van der Waals surface area (Å²) < 4.78 is 26.2. The summed E-state index contributed by atoms with van der Waals surface area (Å²) in [6, 6.07) is 6.27. The van der Waals surface area contributed by atoms with E-state index in [2.05, 4.69) is 26.2 Å². The van der Waals surface area contributed by atoms with Crippen LogP contribution in [0.5, 0.6) is 17.2 Å². The predicted octanol–water partition coefficient (Wildman–Crippen LogP) is 3.58. The van der Waals surface area contributed by atoms with Gasteiger partial charge in [-0.1, -0.05) is 5.21 Å². The number of hydrogen-bond donors (Lipinski definition) is 0. The Morgan fingerprint density at radius 3 is 2.75 bits per heavy atom. The lowest BCUT2D eigenvalue weighted by Gasteiger charge is -2.11. The highest BCUT2D eigenvalue weighted by molar-refractivity contribution is 9.10. The van der Waals surface area contributed by atoms with Crippen molar-refractivity contribution in [2.24, 2.45) is 7.05 Å². The lowest BCUT2D eigenvalue weighted by Crippen LogP contribution is -2.00. The number of hydrogen-bond acceptors (Lipinski definition) is 6. The van der Waals surface area contributed by atoms with E-state index in [0.29, 0.717) is 11.3 Å². The Balaban J connectivity index is 2.05. The molecule has 0 saturated heterocycles. The van der Waals surface area contributed by atoms with Gasteiger partial charge in [-0.2, -0.15) is 4.39 Å². The maximum absolute atomic E-state index is 14.2. The van der Waals surface area contributed by atoms with E-state index in [-0.39, 0.29) is 16.0 Å². The molecular weight excluding hydrogens is 387 g/mol. The Labute approximate surface area is 143 Å². The molecule has 10 heteroatoms. The fourth-order valence-corrected chi connectivity index (χ4v) is 2.57. The van der Waals surface area contributed by atoms with Crippen molar-refractivity contribution in [1.29, 1.82) is 0 Å². The minimum atomic E-state index is -1.07. The number of benzene rings is 2. The van der Waals surface area contributed by atoms with Gasteiger partial charge < -0.3 is 9.47 Å². The molecule has 24 heavy (non-hydrogen) atoms. The number of aromatic nitrogens is 3. The van der Waals surface area contributed by atoms with Gasteiger partial charge in [0.25, 0.3) is 0 Å². The first kappa shape index (κ1) is 16.1. The zero-order valence-electron chi connectivity index (χ0n) is 12.5. The molecule has 2 aromatic carbocycles. The Kier molecular flexibility index (Phi) is 4.06. The molecule has 3 aromatic rings. The quantitative estimate of drug-likeness (QED) is 0.494. The summed E-state index contributed by atoms with van der Waals surface area (Å²) >= 11 is 2.98. The average Bonchev–Trinajstić information content (AvgIpc) is 2.92. The molecule has 0 spiro atoms. The van der Waals surface area contributed by atoms with Crippen LogP contribution in [-0.4, -0.2) is 27.0 Å². The highest BCUT2D eigenvalue weighted by Gasteiger charge is 2.27. The highest BCUT2D eigenvalue weighted by Crippen LogP contribution is 2.42. The molecule has 0 fully saturated rings. The molecule has 0 aliphatic heterocycles. The summed E-state index contributed by atoms with van der Waals surface area (Å²) in [5.74, 6) is -0.900. The van der Waals surface area contributed by atoms with Gasteiger partial charge in [-0.25, -0.2) is 4.68 Å². The monoisotopic (exact) mass is 396 g/mol. The number of nitrogens with zero attached hydrogens (tertiary/aromatic N) is 4. The van der Waals surface area contributed by atoms with E-state index in [1.54, 1.807) is 29.9 Å². The SMILES string of the molecule is COc1cc(Oc2ccc3c(c2)nnn3C)c(Br)c(F)c1[N+](=O)[O-]. The summed E-state index contributed by atoms with van der Waals surface area (Å²) in [6.07, 6.45) is 0. The number of aryl methyl sites for hydroxylation is 1. The van der Waals surface area contributed by atoms with Gasteiger partial charge in [-0.15, -0.1) is 5.10 Å². The number of nitro benzene ring substituents is 1. The number of fused-ring (bicyclic) bond motifs is 1. The highest BCUT2D eigenvalue weighted by atomic mass is 79.9. The molecule has 0 saturated carbocycles. The number of nitro groups is 1. The second-order valence-electron chi connectivity index (χ2n) is 4.78. The van der Waals surface area contributed by atoms with Crippen LogP contribution in [0.1, 0.15) is 0 Å². The van der Waals surface area contributed by atoms with Crippen LogP contribution in [0.15, 0.2) is 28.7 Å². The van der Waals surface area contributed by atoms with Crippen LogP contribution in [0, 0.1) is 15.9 Å². The van der Waals surface area contributed by atoms with E-state index in [0.717, 1.165) is 5.52 Å². The minimum absolute atomic E-state index is 0.0400. The van der Waals surface area contributed by atoms with Gasteiger partial charge in [0.2, 0.25) is 11.6 Å². The van der Waals surface area contributed by atoms with Gasteiger partial charge in [-0.05, 0) is 28.1 Å². The maximum Gasteiger partial charge on any atom is 0.347 e. The summed E-state index contributed by atoms with van der Waals surface area (Å²) in [5, 5.41) is 18.8. The summed E-state index contributed by atoms with van der Waals surface area (Å²) in [7, 11) is 2.97. The third-order valence-corrected chi connectivity index (χ3v) is 4.06. The number of rotatable bonds is 4. The molecule has 0 unspecified atom stereocenters. The maximum atomic E-state index is 14.2. The van der Waals surface area contributed by atoms with Crippen molar-refractivity contribution in [3.63, 3.8) is 0 Å². The molecule has 0 radical (unpaired) electrons. The molecule has 0 aliphatic carbocycles. The van der Waals surface area contributed by atoms with Crippen LogP contribution < -0.4 is 9.47 Å². The Morgan fingerprint density at radius 1 is 1.33 bits per heavy atom. The Bertz CT molecular complexity index is 960. The van der Waals surface area contributed by atoms with Gasteiger partial charge in [0, 0.05) is 19.2 Å². The van der Waals surface area contributed by atoms with Crippen molar-refractivity contribution >= 4 is 32.7 Å². The zero-order chi connectivity index (χ0) is 17.4. The van der Waals surface area contributed by atoms with Crippen LogP contribution in [0.2, 0.25) is 0 Å². The van der Waals surface area contributed by atoms with Crippen molar-refractivity contribution in [3.05, 3.63) is 44.7 Å². The number of ether oxygens (including phenoxy) is 2. The smallest absolute Gasteiger partial charge is 0.347 e. The minimum Gasteiger partial charge on any atom is -0.490 e. The van der Waals surface area contributed by atoms with Crippen molar-refractivity contribution in [1.82, 2.24) is 15.0 Å². The molecule has 124 valence electrons.